The van der Waals surface area contributed by atoms with Gasteiger partial charge in [0, 0.05) is 34.7 Å². The van der Waals surface area contributed by atoms with E-state index in [1.54, 1.807) is 0 Å². The maximum absolute atomic E-state index is 2.50. The highest BCUT2D eigenvalue weighted by molar-refractivity contribution is 5.90. The number of hydrogen-bond acceptors (Lipinski definition) is 1. The van der Waals surface area contributed by atoms with Crippen LogP contribution in [0.25, 0.3) is 11.1 Å². The molecule has 1 aliphatic carbocycles. The number of benzene rings is 3. The van der Waals surface area contributed by atoms with Crippen molar-refractivity contribution in [1.82, 2.24) is 0 Å². The largest absolute Gasteiger partial charge is 0.344 e. The smallest absolute Gasteiger partial charge is 0.0453 e. The number of nitrogens with zero attached hydrogens (tertiary/aromatic N) is 1. The van der Waals surface area contributed by atoms with Crippen LogP contribution in [0.15, 0.2) is 54.6 Å². The van der Waals surface area contributed by atoms with Gasteiger partial charge in [-0.05, 0) is 62.9 Å². The third kappa shape index (κ3) is 3.05. The number of anilines is 2. The fourth-order valence-corrected chi connectivity index (χ4v) is 6.57. The number of fused-ring (bicyclic) bond motifs is 6. The van der Waals surface area contributed by atoms with Gasteiger partial charge in [0.15, 0.2) is 0 Å². The van der Waals surface area contributed by atoms with Gasteiger partial charge in [0.1, 0.15) is 0 Å². The third-order valence-electron chi connectivity index (χ3n) is 9.11. The van der Waals surface area contributed by atoms with E-state index in [4.69, 9.17) is 0 Å². The standard InChI is InChI=1S/C33H41N/c1-30(2,3)20-21-15-17-26-25(19-21)32(6,7)33(8,9)29-27(34(26)10)18-16-24-28(29)22-13-11-12-14-23(22)31(24,4)5/h11-19H,20H2,1-10H3. The van der Waals surface area contributed by atoms with Gasteiger partial charge >= 0.3 is 0 Å². The van der Waals surface area contributed by atoms with Crippen LogP contribution in [0, 0.1) is 5.41 Å². The number of rotatable bonds is 1. The fourth-order valence-electron chi connectivity index (χ4n) is 6.57. The lowest BCUT2D eigenvalue weighted by Crippen LogP contribution is -2.40. The van der Waals surface area contributed by atoms with E-state index >= 15 is 0 Å². The molecule has 0 fully saturated rings. The van der Waals surface area contributed by atoms with Crippen LogP contribution < -0.4 is 4.90 Å². The molecule has 0 N–H and O–H groups in total. The van der Waals surface area contributed by atoms with E-state index in [2.05, 4.69) is 129 Å². The molecular weight excluding hydrogens is 410 g/mol. The maximum Gasteiger partial charge on any atom is 0.0453 e. The molecule has 0 spiro atoms. The Labute approximate surface area is 207 Å². The normalized spacial score (nSPS) is 19.1. The summed E-state index contributed by atoms with van der Waals surface area (Å²) in [6.45, 7) is 21.6. The average Bonchev–Trinajstić information content (AvgIpc) is 2.96. The molecule has 3 aromatic rings. The first-order valence-electron chi connectivity index (χ1n) is 12.8. The van der Waals surface area contributed by atoms with Crippen molar-refractivity contribution in [2.45, 2.75) is 85.0 Å². The Balaban J connectivity index is 1.82. The van der Waals surface area contributed by atoms with Crippen molar-refractivity contribution in [1.29, 1.82) is 0 Å². The molecule has 1 heterocycles. The van der Waals surface area contributed by atoms with Crippen LogP contribution in [-0.4, -0.2) is 7.05 Å². The maximum atomic E-state index is 2.50. The van der Waals surface area contributed by atoms with Crippen LogP contribution >= 0.6 is 0 Å². The Morgan fingerprint density at radius 3 is 2.03 bits per heavy atom. The van der Waals surface area contributed by atoms with E-state index in [1.807, 2.05) is 0 Å². The molecule has 0 aromatic heterocycles. The summed E-state index contributed by atoms with van der Waals surface area (Å²) in [5.74, 6) is 0. The predicted octanol–water partition coefficient (Wildman–Crippen LogP) is 8.92. The van der Waals surface area contributed by atoms with Crippen LogP contribution in [0.2, 0.25) is 0 Å². The van der Waals surface area contributed by atoms with Gasteiger partial charge in [0.2, 0.25) is 0 Å². The average molecular weight is 452 g/mol. The molecule has 0 bridgehead atoms. The summed E-state index contributed by atoms with van der Waals surface area (Å²) in [6.07, 6.45) is 1.09. The van der Waals surface area contributed by atoms with Crippen molar-refractivity contribution in [2.75, 3.05) is 11.9 Å². The molecule has 1 aliphatic heterocycles. The van der Waals surface area contributed by atoms with Gasteiger partial charge in [-0.15, -0.1) is 0 Å². The molecule has 0 amide bonds. The van der Waals surface area contributed by atoms with E-state index in [0.717, 1.165) is 6.42 Å². The van der Waals surface area contributed by atoms with E-state index in [9.17, 15) is 0 Å². The van der Waals surface area contributed by atoms with Crippen molar-refractivity contribution >= 4 is 11.4 Å². The zero-order valence-corrected chi connectivity index (χ0v) is 22.9. The minimum Gasteiger partial charge on any atom is -0.344 e. The van der Waals surface area contributed by atoms with Crippen LogP contribution in [0.1, 0.15) is 90.1 Å². The Kier molecular flexibility index (Phi) is 4.78. The van der Waals surface area contributed by atoms with Crippen LogP contribution in [0.5, 0.6) is 0 Å². The first kappa shape index (κ1) is 23.2. The third-order valence-corrected chi connectivity index (χ3v) is 9.11. The molecule has 5 rings (SSSR count). The molecule has 0 saturated heterocycles. The van der Waals surface area contributed by atoms with Crippen molar-refractivity contribution in [3.63, 3.8) is 0 Å². The van der Waals surface area contributed by atoms with E-state index in [1.165, 1.54) is 50.3 Å². The van der Waals surface area contributed by atoms with Crippen LogP contribution in [0.3, 0.4) is 0 Å². The van der Waals surface area contributed by atoms with Gasteiger partial charge in [-0.1, -0.05) is 105 Å². The fraction of sp³-hybridized carbons (Fsp3) is 0.455. The summed E-state index contributed by atoms with van der Waals surface area (Å²) in [5, 5.41) is 0. The van der Waals surface area contributed by atoms with Crippen molar-refractivity contribution in [2.24, 2.45) is 5.41 Å². The second kappa shape index (κ2) is 7.00. The van der Waals surface area contributed by atoms with Gasteiger partial charge in [-0.2, -0.15) is 0 Å². The molecule has 3 aromatic carbocycles. The summed E-state index contributed by atoms with van der Waals surface area (Å²) in [4.78, 5) is 2.45. The highest BCUT2D eigenvalue weighted by Gasteiger charge is 2.49. The number of hydrogen-bond donors (Lipinski definition) is 0. The SMILES string of the molecule is CN1c2ccc(CC(C)(C)C)cc2C(C)(C)C(C)(C)c2c1ccc1c2-c2ccccc2C1(C)C. The van der Waals surface area contributed by atoms with Crippen molar-refractivity contribution in [3.05, 3.63) is 82.4 Å². The molecule has 2 aliphatic rings. The Hall–Kier alpha value is -2.54. The second-order valence-electron chi connectivity index (χ2n) is 13.5. The Morgan fingerprint density at radius 1 is 0.706 bits per heavy atom. The minimum atomic E-state index is -0.0684. The van der Waals surface area contributed by atoms with Gasteiger partial charge in [0.05, 0.1) is 0 Å². The lowest BCUT2D eigenvalue weighted by molar-refractivity contribution is 0.307. The molecule has 178 valence electrons. The molecule has 1 heteroatoms. The van der Waals surface area contributed by atoms with E-state index in [0.29, 0.717) is 0 Å². The second-order valence-corrected chi connectivity index (χ2v) is 13.5. The molecule has 1 nitrogen and oxygen atoms in total. The zero-order chi connectivity index (χ0) is 24.8. The molecular formula is C33H41N. The lowest BCUT2D eigenvalue weighted by atomic mass is 9.59. The highest BCUT2D eigenvalue weighted by Crippen LogP contribution is 2.60. The monoisotopic (exact) mass is 451 g/mol. The molecule has 0 radical (unpaired) electrons. The van der Waals surface area contributed by atoms with Crippen molar-refractivity contribution in [3.8, 4) is 11.1 Å². The van der Waals surface area contributed by atoms with E-state index < -0.39 is 0 Å². The van der Waals surface area contributed by atoms with Crippen LogP contribution in [-0.2, 0) is 22.7 Å². The quantitative estimate of drug-likeness (QED) is 0.357. The zero-order valence-electron chi connectivity index (χ0n) is 22.9. The first-order chi connectivity index (χ1) is 15.7. The Bertz CT molecular complexity index is 1300. The van der Waals surface area contributed by atoms with Gasteiger partial charge in [-0.3, -0.25) is 0 Å². The van der Waals surface area contributed by atoms with Gasteiger partial charge in [0.25, 0.3) is 0 Å². The summed E-state index contributed by atoms with van der Waals surface area (Å²) < 4.78 is 0. The van der Waals surface area contributed by atoms with Gasteiger partial charge in [-0.25, -0.2) is 0 Å². The predicted molar refractivity (Wildman–Crippen MR) is 148 cm³/mol. The molecule has 0 atom stereocenters. The highest BCUT2D eigenvalue weighted by atomic mass is 15.1. The van der Waals surface area contributed by atoms with Crippen molar-refractivity contribution < 1.29 is 0 Å². The minimum absolute atomic E-state index is 0.0127. The van der Waals surface area contributed by atoms with Crippen LogP contribution in [0.4, 0.5) is 11.4 Å². The Morgan fingerprint density at radius 2 is 1.35 bits per heavy atom. The summed E-state index contributed by atoms with van der Waals surface area (Å²) >= 11 is 0. The molecule has 0 unspecified atom stereocenters. The first-order valence-corrected chi connectivity index (χ1v) is 12.8. The van der Waals surface area contributed by atoms with E-state index in [-0.39, 0.29) is 21.7 Å². The lowest BCUT2D eigenvalue weighted by Gasteiger charge is -2.43. The van der Waals surface area contributed by atoms with Gasteiger partial charge < -0.3 is 4.90 Å². The molecule has 34 heavy (non-hydrogen) atoms. The summed E-state index contributed by atoms with van der Waals surface area (Å²) in [5.41, 5.74) is 13.0. The topological polar surface area (TPSA) is 3.24 Å². The summed E-state index contributed by atoms with van der Waals surface area (Å²) in [6, 6.07) is 21.1. The molecule has 0 saturated carbocycles. The summed E-state index contributed by atoms with van der Waals surface area (Å²) in [7, 11) is 2.26.